The van der Waals surface area contributed by atoms with Crippen molar-refractivity contribution in [3.63, 3.8) is 0 Å². The van der Waals surface area contributed by atoms with Crippen LogP contribution in [0, 0.1) is 0 Å². The van der Waals surface area contributed by atoms with Crippen LogP contribution in [-0.4, -0.2) is 62.8 Å². The van der Waals surface area contributed by atoms with Crippen LogP contribution in [0.4, 0.5) is 0 Å². The average Bonchev–Trinajstić information content (AvgIpc) is 2.04. The van der Waals surface area contributed by atoms with Crippen LogP contribution in [0.1, 0.15) is 0 Å². The lowest BCUT2D eigenvalue weighted by Gasteiger charge is -2.31. The molecule has 1 aliphatic rings. The first-order valence-electron chi connectivity index (χ1n) is 4.16. The van der Waals surface area contributed by atoms with Crippen molar-refractivity contribution in [1.82, 2.24) is 9.80 Å². The zero-order chi connectivity index (χ0) is 8.10. The standard InChI is InChI=1S/C8H17N3/c1-9-3-4-11-7-5-10(2)6-8-11/h1,3-8H2,2H3. The third-order valence-electron chi connectivity index (χ3n) is 2.17. The summed E-state index contributed by atoms with van der Waals surface area (Å²) in [5, 5.41) is 0. The average molecular weight is 155 g/mol. The first-order valence-corrected chi connectivity index (χ1v) is 4.16. The van der Waals surface area contributed by atoms with Gasteiger partial charge in [0.15, 0.2) is 0 Å². The van der Waals surface area contributed by atoms with Gasteiger partial charge in [-0.1, -0.05) is 0 Å². The van der Waals surface area contributed by atoms with Crippen molar-refractivity contribution in [2.45, 2.75) is 0 Å². The van der Waals surface area contributed by atoms with Crippen molar-refractivity contribution in [1.29, 1.82) is 0 Å². The molecule has 1 rings (SSSR count). The second-order valence-electron chi connectivity index (χ2n) is 3.09. The van der Waals surface area contributed by atoms with Crippen LogP contribution in [0.5, 0.6) is 0 Å². The maximum absolute atomic E-state index is 3.84. The Labute approximate surface area is 68.7 Å². The second-order valence-corrected chi connectivity index (χ2v) is 3.09. The summed E-state index contributed by atoms with van der Waals surface area (Å²) in [4.78, 5) is 8.64. The number of hydrogen-bond donors (Lipinski definition) is 0. The van der Waals surface area contributed by atoms with E-state index in [1.807, 2.05) is 0 Å². The molecular formula is C8H17N3. The Kier molecular flexibility index (Phi) is 3.52. The molecule has 1 saturated heterocycles. The largest absolute Gasteiger partial charge is 0.304 e. The summed E-state index contributed by atoms with van der Waals surface area (Å²) >= 11 is 0. The van der Waals surface area contributed by atoms with E-state index in [2.05, 4.69) is 28.6 Å². The SMILES string of the molecule is C=NCCN1CCN(C)CC1. The fourth-order valence-electron chi connectivity index (χ4n) is 1.28. The molecule has 0 aliphatic carbocycles. The van der Waals surface area contributed by atoms with E-state index < -0.39 is 0 Å². The number of rotatable bonds is 3. The van der Waals surface area contributed by atoms with Gasteiger partial charge in [-0.25, -0.2) is 0 Å². The summed E-state index contributed by atoms with van der Waals surface area (Å²) in [6.45, 7) is 10.2. The lowest BCUT2D eigenvalue weighted by atomic mass is 10.3. The summed E-state index contributed by atoms with van der Waals surface area (Å²) in [5.41, 5.74) is 0. The second kappa shape index (κ2) is 4.46. The molecule has 0 atom stereocenters. The number of piperazine rings is 1. The minimum absolute atomic E-state index is 0.879. The smallest absolute Gasteiger partial charge is 0.0509 e. The van der Waals surface area contributed by atoms with E-state index >= 15 is 0 Å². The monoisotopic (exact) mass is 155 g/mol. The lowest BCUT2D eigenvalue weighted by Crippen LogP contribution is -2.45. The molecule has 3 nitrogen and oxygen atoms in total. The molecule has 0 aromatic carbocycles. The van der Waals surface area contributed by atoms with Crippen molar-refractivity contribution in [2.75, 3.05) is 46.3 Å². The summed E-state index contributed by atoms with van der Waals surface area (Å²) < 4.78 is 0. The van der Waals surface area contributed by atoms with Crippen molar-refractivity contribution in [2.24, 2.45) is 4.99 Å². The van der Waals surface area contributed by atoms with Gasteiger partial charge in [0.1, 0.15) is 0 Å². The van der Waals surface area contributed by atoms with Gasteiger partial charge in [-0.3, -0.25) is 9.89 Å². The van der Waals surface area contributed by atoms with Crippen LogP contribution in [0.3, 0.4) is 0 Å². The molecule has 0 spiro atoms. The molecule has 3 heteroatoms. The number of aliphatic imine (C=N–C) groups is 1. The van der Waals surface area contributed by atoms with Gasteiger partial charge in [0.2, 0.25) is 0 Å². The number of likely N-dealkylation sites (N-methyl/N-ethyl adjacent to an activating group) is 1. The van der Waals surface area contributed by atoms with E-state index in [1.165, 1.54) is 26.2 Å². The van der Waals surface area contributed by atoms with Crippen LogP contribution in [0.25, 0.3) is 0 Å². The van der Waals surface area contributed by atoms with E-state index in [1.54, 1.807) is 0 Å². The first kappa shape index (κ1) is 8.68. The maximum Gasteiger partial charge on any atom is 0.0509 e. The molecule has 0 radical (unpaired) electrons. The fourth-order valence-corrected chi connectivity index (χ4v) is 1.28. The summed E-state index contributed by atoms with van der Waals surface area (Å²) in [6.07, 6.45) is 0. The topological polar surface area (TPSA) is 18.8 Å². The zero-order valence-electron chi connectivity index (χ0n) is 7.29. The molecule has 0 aromatic heterocycles. The molecule has 0 amide bonds. The molecular weight excluding hydrogens is 138 g/mol. The first-order chi connectivity index (χ1) is 5.33. The Bertz CT molecular complexity index is 117. The Morgan fingerprint density at radius 2 is 1.91 bits per heavy atom. The Morgan fingerprint density at radius 3 is 2.45 bits per heavy atom. The minimum atomic E-state index is 0.879. The molecule has 0 saturated carbocycles. The molecule has 0 aromatic rings. The van der Waals surface area contributed by atoms with E-state index in [0.717, 1.165) is 13.1 Å². The summed E-state index contributed by atoms with van der Waals surface area (Å²) in [5.74, 6) is 0. The van der Waals surface area contributed by atoms with Crippen LogP contribution in [0.15, 0.2) is 4.99 Å². The van der Waals surface area contributed by atoms with Gasteiger partial charge in [-0.2, -0.15) is 0 Å². The highest BCUT2D eigenvalue weighted by Gasteiger charge is 2.11. The van der Waals surface area contributed by atoms with Gasteiger partial charge < -0.3 is 4.90 Å². The molecule has 0 N–H and O–H groups in total. The number of nitrogens with zero attached hydrogens (tertiary/aromatic N) is 3. The van der Waals surface area contributed by atoms with Crippen molar-refractivity contribution in [3.05, 3.63) is 0 Å². The van der Waals surface area contributed by atoms with Crippen LogP contribution in [-0.2, 0) is 0 Å². The predicted octanol–water partition coefficient (Wildman–Crippen LogP) is -0.0656. The van der Waals surface area contributed by atoms with E-state index in [0.29, 0.717) is 0 Å². The van der Waals surface area contributed by atoms with Crippen LogP contribution in [0.2, 0.25) is 0 Å². The molecule has 1 heterocycles. The Hall–Kier alpha value is -0.410. The lowest BCUT2D eigenvalue weighted by molar-refractivity contribution is 0.157. The molecule has 0 unspecified atom stereocenters. The van der Waals surface area contributed by atoms with Gasteiger partial charge in [-0.05, 0) is 13.8 Å². The van der Waals surface area contributed by atoms with Gasteiger partial charge in [-0.15, -0.1) is 0 Å². The Balaban J connectivity index is 2.12. The van der Waals surface area contributed by atoms with Crippen LogP contribution < -0.4 is 0 Å². The third-order valence-corrected chi connectivity index (χ3v) is 2.17. The summed E-state index contributed by atoms with van der Waals surface area (Å²) in [7, 11) is 2.17. The number of hydrogen-bond acceptors (Lipinski definition) is 3. The van der Waals surface area contributed by atoms with Crippen LogP contribution >= 0.6 is 0 Å². The molecule has 1 fully saturated rings. The third kappa shape index (κ3) is 2.99. The van der Waals surface area contributed by atoms with Crippen molar-refractivity contribution < 1.29 is 0 Å². The molecule has 11 heavy (non-hydrogen) atoms. The molecule has 64 valence electrons. The molecule has 0 bridgehead atoms. The maximum atomic E-state index is 3.84. The quantitative estimate of drug-likeness (QED) is 0.531. The van der Waals surface area contributed by atoms with Crippen molar-refractivity contribution >= 4 is 6.72 Å². The predicted molar refractivity (Wildman–Crippen MR) is 48.4 cm³/mol. The fraction of sp³-hybridized carbons (Fsp3) is 0.875. The van der Waals surface area contributed by atoms with Gasteiger partial charge in [0.25, 0.3) is 0 Å². The van der Waals surface area contributed by atoms with Crippen molar-refractivity contribution in [3.8, 4) is 0 Å². The van der Waals surface area contributed by atoms with E-state index in [-0.39, 0.29) is 0 Å². The van der Waals surface area contributed by atoms with Gasteiger partial charge in [0.05, 0.1) is 6.54 Å². The highest BCUT2D eigenvalue weighted by Crippen LogP contribution is 1.97. The van der Waals surface area contributed by atoms with E-state index in [4.69, 9.17) is 0 Å². The van der Waals surface area contributed by atoms with Gasteiger partial charge in [0, 0.05) is 32.7 Å². The van der Waals surface area contributed by atoms with E-state index in [9.17, 15) is 0 Å². The summed E-state index contributed by atoms with van der Waals surface area (Å²) in [6, 6.07) is 0. The highest BCUT2D eigenvalue weighted by molar-refractivity contribution is 5.23. The normalized spacial score (nSPS) is 21.9. The van der Waals surface area contributed by atoms with Gasteiger partial charge >= 0.3 is 0 Å². The zero-order valence-corrected chi connectivity index (χ0v) is 7.29. The highest BCUT2D eigenvalue weighted by atomic mass is 15.2. The Morgan fingerprint density at radius 1 is 1.27 bits per heavy atom. The minimum Gasteiger partial charge on any atom is -0.304 e. The molecule has 1 aliphatic heterocycles.